The molecule has 1 aromatic rings. The molecule has 1 saturated carbocycles. The topological polar surface area (TPSA) is 75.3 Å². The number of benzene rings is 1. The summed E-state index contributed by atoms with van der Waals surface area (Å²) in [6.45, 7) is 3.75. The summed E-state index contributed by atoms with van der Waals surface area (Å²) in [4.78, 5) is 12.1. The maximum atomic E-state index is 12.1. The van der Waals surface area contributed by atoms with Gasteiger partial charge in [-0.05, 0) is 43.9 Å². The third-order valence-electron chi connectivity index (χ3n) is 3.61. The molecule has 98 valence electrons. The van der Waals surface area contributed by atoms with E-state index in [4.69, 9.17) is 5.73 Å². The molecular formula is C14H20N2O2. The van der Waals surface area contributed by atoms with Crippen molar-refractivity contribution in [1.82, 2.24) is 0 Å². The zero-order valence-corrected chi connectivity index (χ0v) is 10.9. The fourth-order valence-electron chi connectivity index (χ4n) is 2.59. The quantitative estimate of drug-likeness (QED) is 0.701. The van der Waals surface area contributed by atoms with E-state index in [0.29, 0.717) is 5.69 Å². The van der Waals surface area contributed by atoms with E-state index < -0.39 is 0 Å². The molecule has 0 saturated heterocycles. The van der Waals surface area contributed by atoms with Crippen LogP contribution in [0.5, 0.6) is 5.75 Å². The number of aromatic hydroxyl groups is 1. The summed E-state index contributed by atoms with van der Waals surface area (Å²) in [7, 11) is 0. The molecule has 0 heterocycles. The van der Waals surface area contributed by atoms with Crippen molar-refractivity contribution in [3.8, 4) is 5.75 Å². The Kier molecular flexibility index (Phi) is 3.57. The van der Waals surface area contributed by atoms with Gasteiger partial charge < -0.3 is 16.2 Å². The second kappa shape index (κ2) is 4.98. The minimum atomic E-state index is -0.134. The number of anilines is 1. The number of hydrogen-bond donors (Lipinski definition) is 3. The fourth-order valence-corrected chi connectivity index (χ4v) is 2.59. The zero-order valence-electron chi connectivity index (χ0n) is 10.9. The smallest absolute Gasteiger partial charge is 0.229 e. The molecule has 2 atom stereocenters. The van der Waals surface area contributed by atoms with Crippen LogP contribution in [0.1, 0.15) is 30.4 Å². The Morgan fingerprint density at radius 1 is 1.39 bits per heavy atom. The Morgan fingerprint density at radius 2 is 2.11 bits per heavy atom. The average molecular weight is 248 g/mol. The van der Waals surface area contributed by atoms with Crippen molar-refractivity contribution in [3.05, 3.63) is 23.3 Å². The van der Waals surface area contributed by atoms with Crippen LogP contribution in [-0.2, 0) is 4.79 Å². The Hall–Kier alpha value is -1.55. The van der Waals surface area contributed by atoms with Gasteiger partial charge in [0, 0.05) is 6.04 Å². The van der Waals surface area contributed by atoms with Crippen molar-refractivity contribution in [2.75, 3.05) is 5.32 Å². The Labute approximate surface area is 107 Å². The molecule has 0 radical (unpaired) electrons. The highest BCUT2D eigenvalue weighted by atomic mass is 16.3. The molecule has 2 rings (SSSR count). The van der Waals surface area contributed by atoms with Crippen LogP contribution in [0, 0.1) is 19.8 Å². The van der Waals surface area contributed by atoms with E-state index in [1.165, 1.54) is 0 Å². The normalized spacial score (nSPS) is 23.1. The summed E-state index contributed by atoms with van der Waals surface area (Å²) in [6, 6.07) is 3.60. The van der Waals surface area contributed by atoms with E-state index in [0.717, 1.165) is 30.4 Å². The molecule has 0 spiro atoms. The minimum absolute atomic E-state index is 0.0574. The summed E-state index contributed by atoms with van der Waals surface area (Å²) in [6.07, 6.45) is 2.73. The molecule has 4 nitrogen and oxygen atoms in total. The number of phenols is 1. The number of nitrogens with two attached hydrogens (primary N) is 1. The van der Waals surface area contributed by atoms with Crippen LogP contribution in [0.25, 0.3) is 0 Å². The number of aryl methyl sites for hydroxylation is 2. The van der Waals surface area contributed by atoms with Crippen molar-refractivity contribution in [2.45, 2.75) is 39.2 Å². The molecule has 0 aromatic heterocycles. The number of phenolic OH excluding ortho intramolecular Hbond substituents is 1. The number of hydrogen-bond acceptors (Lipinski definition) is 3. The number of carbonyl (C=O) groups excluding carboxylic acids is 1. The monoisotopic (exact) mass is 248 g/mol. The molecule has 1 amide bonds. The molecule has 2 unspecified atom stereocenters. The van der Waals surface area contributed by atoms with E-state index in [1.807, 2.05) is 19.9 Å². The number of amides is 1. The van der Waals surface area contributed by atoms with Crippen LogP contribution in [-0.4, -0.2) is 17.1 Å². The van der Waals surface area contributed by atoms with Crippen molar-refractivity contribution >= 4 is 11.6 Å². The fraction of sp³-hybridized carbons (Fsp3) is 0.500. The summed E-state index contributed by atoms with van der Waals surface area (Å²) in [5.41, 5.74) is 8.17. The van der Waals surface area contributed by atoms with Gasteiger partial charge in [-0.2, -0.15) is 0 Å². The highest BCUT2D eigenvalue weighted by Gasteiger charge is 2.30. The number of nitrogens with one attached hydrogen (secondary N) is 1. The molecule has 1 fully saturated rings. The van der Waals surface area contributed by atoms with Crippen LogP contribution >= 0.6 is 0 Å². The SMILES string of the molecule is Cc1cc(C)c(O)c(NC(=O)C2CCCC2N)c1. The molecule has 1 aromatic carbocycles. The van der Waals surface area contributed by atoms with Crippen molar-refractivity contribution in [3.63, 3.8) is 0 Å². The zero-order chi connectivity index (χ0) is 13.3. The lowest BCUT2D eigenvalue weighted by molar-refractivity contribution is -0.120. The first-order valence-electron chi connectivity index (χ1n) is 6.35. The maximum absolute atomic E-state index is 12.1. The maximum Gasteiger partial charge on any atom is 0.229 e. The first kappa shape index (κ1) is 12.9. The number of rotatable bonds is 2. The minimum Gasteiger partial charge on any atom is -0.505 e. The van der Waals surface area contributed by atoms with Gasteiger partial charge in [-0.3, -0.25) is 4.79 Å². The van der Waals surface area contributed by atoms with Crippen LogP contribution in [0.4, 0.5) is 5.69 Å². The average Bonchev–Trinajstić information content (AvgIpc) is 2.71. The highest BCUT2D eigenvalue weighted by Crippen LogP contribution is 2.31. The van der Waals surface area contributed by atoms with Gasteiger partial charge >= 0.3 is 0 Å². The Balaban J connectivity index is 2.16. The molecule has 18 heavy (non-hydrogen) atoms. The lowest BCUT2D eigenvalue weighted by Crippen LogP contribution is -2.34. The van der Waals surface area contributed by atoms with Crippen molar-refractivity contribution in [1.29, 1.82) is 0 Å². The van der Waals surface area contributed by atoms with E-state index >= 15 is 0 Å². The molecular weight excluding hydrogens is 228 g/mol. The van der Waals surface area contributed by atoms with Crippen LogP contribution in [0.2, 0.25) is 0 Å². The highest BCUT2D eigenvalue weighted by molar-refractivity contribution is 5.94. The molecule has 1 aliphatic rings. The lowest BCUT2D eigenvalue weighted by atomic mass is 10.0. The van der Waals surface area contributed by atoms with Gasteiger partial charge in [0.2, 0.25) is 5.91 Å². The molecule has 0 aliphatic heterocycles. The second-order valence-electron chi connectivity index (χ2n) is 5.17. The number of carbonyl (C=O) groups is 1. The van der Waals surface area contributed by atoms with Gasteiger partial charge in [-0.1, -0.05) is 12.5 Å². The first-order chi connectivity index (χ1) is 8.49. The summed E-state index contributed by atoms with van der Waals surface area (Å²) >= 11 is 0. The largest absolute Gasteiger partial charge is 0.505 e. The van der Waals surface area contributed by atoms with Crippen molar-refractivity contribution < 1.29 is 9.90 Å². The summed E-state index contributed by atoms with van der Waals surface area (Å²) in [5, 5.41) is 12.7. The first-order valence-corrected chi connectivity index (χ1v) is 6.35. The van der Waals surface area contributed by atoms with E-state index in [-0.39, 0.29) is 23.6 Å². The molecule has 1 aliphatic carbocycles. The third kappa shape index (κ3) is 2.48. The van der Waals surface area contributed by atoms with E-state index in [2.05, 4.69) is 5.32 Å². The molecule has 4 N–H and O–H groups in total. The van der Waals surface area contributed by atoms with Gasteiger partial charge in [0.05, 0.1) is 11.6 Å². The summed E-state index contributed by atoms with van der Waals surface area (Å²) < 4.78 is 0. The molecule has 0 bridgehead atoms. The van der Waals surface area contributed by atoms with Crippen molar-refractivity contribution in [2.24, 2.45) is 11.7 Å². The standard InChI is InChI=1S/C14H20N2O2/c1-8-6-9(2)13(17)12(7-8)16-14(18)10-4-3-5-11(10)15/h6-7,10-11,17H,3-5,15H2,1-2H3,(H,16,18). The predicted molar refractivity (Wildman–Crippen MR) is 71.5 cm³/mol. The van der Waals surface area contributed by atoms with Crippen LogP contribution in [0.15, 0.2) is 12.1 Å². The van der Waals surface area contributed by atoms with Gasteiger partial charge in [0.25, 0.3) is 0 Å². The lowest BCUT2D eigenvalue weighted by Gasteiger charge is -2.16. The third-order valence-corrected chi connectivity index (χ3v) is 3.61. The van der Waals surface area contributed by atoms with Gasteiger partial charge in [0.15, 0.2) is 0 Å². The molecule has 4 heteroatoms. The predicted octanol–water partition coefficient (Wildman–Crippen LogP) is 2.07. The van der Waals surface area contributed by atoms with E-state index in [1.54, 1.807) is 6.07 Å². The van der Waals surface area contributed by atoms with E-state index in [9.17, 15) is 9.90 Å². The van der Waals surface area contributed by atoms with Gasteiger partial charge in [0.1, 0.15) is 5.75 Å². The Morgan fingerprint density at radius 3 is 2.72 bits per heavy atom. The Bertz CT molecular complexity index is 471. The summed E-state index contributed by atoms with van der Waals surface area (Å²) in [5.74, 6) is -0.0777. The van der Waals surface area contributed by atoms with Gasteiger partial charge in [-0.25, -0.2) is 0 Å². The second-order valence-corrected chi connectivity index (χ2v) is 5.17. The van der Waals surface area contributed by atoms with Crippen LogP contribution < -0.4 is 11.1 Å². The van der Waals surface area contributed by atoms with Gasteiger partial charge in [-0.15, -0.1) is 0 Å². The van der Waals surface area contributed by atoms with Crippen LogP contribution in [0.3, 0.4) is 0 Å².